The summed E-state index contributed by atoms with van der Waals surface area (Å²) in [5.74, 6) is -0.350. The second kappa shape index (κ2) is 7.74. The van der Waals surface area contributed by atoms with Gasteiger partial charge in [-0.3, -0.25) is 9.52 Å². The van der Waals surface area contributed by atoms with E-state index in [0.717, 1.165) is 5.56 Å². The smallest absolute Gasteiger partial charge is 0.261 e. The maximum absolute atomic E-state index is 12.8. The molecule has 0 aromatic heterocycles. The van der Waals surface area contributed by atoms with Crippen LogP contribution in [0, 0.1) is 0 Å². The monoisotopic (exact) mass is 372 g/mol. The Labute approximate surface area is 155 Å². The van der Waals surface area contributed by atoms with Gasteiger partial charge in [0.2, 0.25) is 0 Å². The Kier molecular flexibility index (Phi) is 5.87. The van der Waals surface area contributed by atoms with Gasteiger partial charge in [-0.25, -0.2) is 8.42 Å². The summed E-state index contributed by atoms with van der Waals surface area (Å²) in [4.78, 5) is 12.1. The fraction of sp³-hybridized carbons (Fsp3) is 0.250. The van der Waals surface area contributed by atoms with Crippen molar-refractivity contribution in [2.45, 2.75) is 31.1 Å². The maximum atomic E-state index is 12.8. The number of hydrogen-bond donors (Lipinski definition) is 2. The first-order chi connectivity index (χ1) is 12.1. The van der Waals surface area contributed by atoms with Crippen LogP contribution in [0.3, 0.4) is 0 Å². The molecule has 138 valence electrons. The number of sulfonamides is 1. The van der Waals surface area contributed by atoms with Crippen molar-refractivity contribution < 1.29 is 13.2 Å². The summed E-state index contributed by atoms with van der Waals surface area (Å²) in [6, 6.07) is 13.2. The minimum Gasteiger partial charge on any atom is -0.349 e. The molecule has 0 spiro atoms. The highest BCUT2D eigenvalue weighted by atomic mass is 32.2. The van der Waals surface area contributed by atoms with Gasteiger partial charge in [0.1, 0.15) is 0 Å². The molecule has 0 aliphatic rings. The van der Waals surface area contributed by atoms with Gasteiger partial charge in [0.25, 0.3) is 15.9 Å². The van der Waals surface area contributed by atoms with Crippen molar-refractivity contribution in [2.75, 3.05) is 11.3 Å². The third-order valence-corrected chi connectivity index (χ3v) is 5.16. The molecular formula is C20H24N2O3S. The van der Waals surface area contributed by atoms with Crippen LogP contribution in [0.4, 0.5) is 5.69 Å². The van der Waals surface area contributed by atoms with Crippen molar-refractivity contribution in [1.29, 1.82) is 0 Å². The van der Waals surface area contributed by atoms with E-state index in [1.54, 1.807) is 30.3 Å². The first-order valence-electron chi connectivity index (χ1n) is 8.26. The molecule has 2 aromatic rings. The predicted molar refractivity (Wildman–Crippen MR) is 105 cm³/mol. The summed E-state index contributed by atoms with van der Waals surface area (Å²) in [7, 11) is -3.82. The van der Waals surface area contributed by atoms with Crippen LogP contribution in [0.5, 0.6) is 0 Å². The van der Waals surface area contributed by atoms with E-state index >= 15 is 0 Å². The molecule has 2 N–H and O–H groups in total. The van der Waals surface area contributed by atoms with E-state index in [4.69, 9.17) is 0 Å². The first-order valence-corrected chi connectivity index (χ1v) is 9.75. The molecule has 0 aliphatic carbocycles. The molecule has 2 aromatic carbocycles. The van der Waals surface area contributed by atoms with Gasteiger partial charge in [-0.15, -0.1) is 6.58 Å². The number of para-hydroxylation sites is 1. The van der Waals surface area contributed by atoms with Gasteiger partial charge in [0.15, 0.2) is 0 Å². The fourth-order valence-electron chi connectivity index (χ4n) is 2.50. The number of carbonyl (C=O) groups excluding carboxylic acids is 1. The molecule has 0 saturated heterocycles. The third-order valence-electron chi connectivity index (χ3n) is 3.79. The molecule has 1 amide bonds. The zero-order valence-electron chi connectivity index (χ0n) is 15.2. The number of rotatable bonds is 6. The summed E-state index contributed by atoms with van der Waals surface area (Å²) in [6.45, 7) is 9.91. The van der Waals surface area contributed by atoms with E-state index in [0.29, 0.717) is 12.2 Å². The first kappa shape index (κ1) is 19.7. The van der Waals surface area contributed by atoms with Gasteiger partial charge in [0.05, 0.1) is 10.6 Å². The van der Waals surface area contributed by atoms with Crippen LogP contribution in [-0.4, -0.2) is 20.9 Å². The molecule has 0 unspecified atom stereocenters. The molecule has 26 heavy (non-hydrogen) atoms. The largest absolute Gasteiger partial charge is 0.349 e. The van der Waals surface area contributed by atoms with Crippen LogP contribution >= 0.6 is 0 Å². The summed E-state index contributed by atoms with van der Waals surface area (Å²) < 4.78 is 28.3. The van der Waals surface area contributed by atoms with Crippen molar-refractivity contribution >= 4 is 21.6 Å². The molecule has 0 atom stereocenters. The lowest BCUT2D eigenvalue weighted by Gasteiger charge is -2.23. The highest BCUT2D eigenvalue weighted by Gasteiger charge is 2.22. The Morgan fingerprint density at radius 3 is 2.46 bits per heavy atom. The van der Waals surface area contributed by atoms with E-state index in [1.165, 1.54) is 12.1 Å². The Morgan fingerprint density at radius 1 is 1.12 bits per heavy atom. The molecule has 0 radical (unpaired) electrons. The van der Waals surface area contributed by atoms with Gasteiger partial charge in [-0.05, 0) is 35.2 Å². The van der Waals surface area contributed by atoms with Crippen molar-refractivity contribution in [1.82, 2.24) is 5.32 Å². The quantitative estimate of drug-likeness (QED) is 0.759. The summed E-state index contributed by atoms with van der Waals surface area (Å²) >= 11 is 0. The second-order valence-corrected chi connectivity index (χ2v) is 8.61. The number of anilines is 1. The molecule has 0 bridgehead atoms. The number of benzene rings is 2. The van der Waals surface area contributed by atoms with Gasteiger partial charge < -0.3 is 5.32 Å². The van der Waals surface area contributed by atoms with Crippen LogP contribution < -0.4 is 10.0 Å². The molecule has 6 heteroatoms. The van der Waals surface area contributed by atoms with Crippen LogP contribution in [-0.2, 0) is 15.4 Å². The van der Waals surface area contributed by atoms with E-state index in [-0.39, 0.29) is 21.8 Å². The highest BCUT2D eigenvalue weighted by Crippen LogP contribution is 2.30. The van der Waals surface area contributed by atoms with Crippen molar-refractivity contribution in [3.05, 3.63) is 72.3 Å². The molecule has 0 fully saturated rings. The zero-order chi connectivity index (χ0) is 19.4. The fourth-order valence-corrected chi connectivity index (χ4v) is 3.63. The number of hydrogen-bond acceptors (Lipinski definition) is 3. The van der Waals surface area contributed by atoms with Crippen molar-refractivity contribution in [2.24, 2.45) is 0 Å². The SMILES string of the molecule is C=CCNC(=O)c1cccc(S(=O)(=O)Nc2ccccc2C(C)(C)C)c1. The molecule has 2 rings (SSSR count). The third kappa shape index (κ3) is 4.73. The lowest BCUT2D eigenvalue weighted by Crippen LogP contribution is -2.24. The topological polar surface area (TPSA) is 75.3 Å². The van der Waals surface area contributed by atoms with E-state index in [1.807, 2.05) is 32.9 Å². The minimum absolute atomic E-state index is 0.0347. The van der Waals surface area contributed by atoms with E-state index < -0.39 is 10.0 Å². The van der Waals surface area contributed by atoms with Crippen LogP contribution in [0.2, 0.25) is 0 Å². The average Bonchev–Trinajstić information content (AvgIpc) is 2.59. The summed E-state index contributed by atoms with van der Waals surface area (Å²) in [6.07, 6.45) is 1.56. The molecule has 0 saturated carbocycles. The van der Waals surface area contributed by atoms with Gasteiger partial charge in [-0.1, -0.05) is 51.1 Å². The zero-order valence-corrected chi connectivity index (χ0v) is 16.1. The van der Waals surface area contributed by atoms with Crippen molar-refractivity contribution in [3.63, 3.8) is 0 Å². The lowest BCUT2D eigenvalue weighted by molar-refractivity contribution is 0.0958. The number of amides is 1. The minimum atomic E-state index is -3.82. The van der Waals surface area contributed by atoms with E-state index in [2.05, 4.69) is 16.6 Å². The van der Waals surface area contributed by atoms with Crippen LogP contribution in [0.1, 0.15) is 36.7 Å². The van der Waals surface area contributed by atoms with Gasteiger partial charge in [-0.2, -0.15) is 0 Å². The van der Waals surface area contributed by atoms with Gasteiger partial charge in [0, 0.05) is 12.1 Å². The van der Waals surface area contributed by atoms with E-state index in [9.17, 15) is 13.2 Å². The Balaban J connectivity index is 2.35. The van der Waals surface area contributed by atoms with Crippen LogP contribution in [0.15, 0.2) is 66.1 Å². The number of carbonyl (C=O) groups is 1. The normalized spacial score (nSPS) is 11.7. The maximum Gasteiger partial charge on any atom is 0.261 e. The highest BCUT2D eigenvalue weighted by molar-refractivity contribution is 7.92. The standard InChI is InChI=1S/C20H24N2O3S/c1-5-13-21-19(23)15-9-8-10-16(14-15)26(24,25)22-18-12-7-6-11-17(18)20(2,3)4/h5-12,14,22H,1,13H2,2-4H3,(H,21,23). The Bertz CT molecular complexity index is 913. The molecule has 0 heterocycles. The Hall–Kier alpha value is -2.60. The lowest BCUT2D eigenvalue weighted by atomic mass is 9.86. The number of nitrogens with one attached hydrogen (secondary N) is 2. The Morgan fingerprint density at radius 2 is 1.81 bits per heavy atom. The summed E-state index contributed by atoms with van der Waals surface area (Å²) in [5, 5.41) is 2.63. The average molecular weight is 372 g/mol. The van der Waals surface area contributed by atoms with Crippen LogP contribution in [0.25, 0.3) is 0 Å². The predicted octanol–water partition coefficient (Wildman–Crippen LogP) is 3.70. The second-order valence-electron chi connectivity index (χ2n) is 6.93. The molecular weight excluding hydrogens is 348 g/mol. The van der Waals surface area contributed by atoms with Crippen molar-refractivity contribution in [3.8, 4) is 0 Å². The molecule has 5 nitrogen and oxygen atoms in total. The summed E-state index contributed by atoms with van der Waals surface area (Å²) in [5.41, 5.74) is 1.48. The van der Waals surface area contributed by atoms with Gasteiger partial charge >= 0.3 is 0 Å². The molecule has 0 aliphatic heterocycles.